The van der Waals surface area contributed by atoms with Gasteiger partial charge in [0.25, 0.3) is 0 Å². The van der Waals surface area contributed by atoms with Gasteiger partial charge in [0, 0.05) is 5.92 Å². The van der Waals surface area contributed by atoms with Crippen LogP contribution in [0.2, 0.25) is 0 Å². The zero-order valence-electron chi connectivity index (χ0n) is 13.2. The molecule has 108 valence electrons. The lowest BCUT2D eigenvalue weighted by Gasteiger charge is -2.20. The van der Waals surface area contributed by atoms with E-state index in [0.717, 1.165) is 0 Å². The van der Waals surface area contributed by atoms with E-state index in [1.807, 2.05) is 0 Å². The first-order chi connectivity index (χ1) is 10.3. The van der Waals surface area contributed by atoms with Crippen molar-refractivity contribution in [2.45, 2.75) is 58.3 Å². The molecule has 0 heteroatoms. The van der Waals surface area contributed by atoms with Crippen LogP contribution in [-0.2, 0) is 6.42 Å². The van der Waals surface area contributed by atoms with Crippen LogP contribution in [0.1, 0.15) is 63.0 Å². The highest BCUT2D eigenvalue weighted by Crippen LogP contribution is 2.48. The molecule has 0 fully saturated rings. The van der Waals surface area contributed by atoms with Gasteiger partial charge in [0.15, 0.2) is 0 Å². The molecule has 1 atom stereocenters. The summed E-state index contributed by atoms with van der Waals surface area (Å²) in [6.45, 7) is 4.66. The fraction of sp³-hybridized carbons (Fsp3) is 0.429. The van der Waals surface area contributed by atoms with E-state index >= 15 is 0 Å². The lowest BCUT2D eigenvalue weighted by atomic mass is 9.84. The van der Waals surface area contributed by atoms with E-state index in [-0.39, 0.29) is 0 Å². The van der Waals surface area contributed by atoms with Crippen molar-refractivity contribution in [3.8, 4) is 0 Å². The van der Waals surface area contributed by atoms with Crippen LogP contribution in [0.4, 0.5) is 0 Å². The first kappa shape index (κ1) is 13.1. The Hall–Kier alpha value is -1.56. The molecule has 0 aliphatic heterocycles. The number of fused-ring (bicyclic) bond motifs is 2. The van der Waals surface area contributed by atoms with E-state index in [2.05, 4.69) is 44.2 Å². The van der Waals surface area contributed by atoms with Crippen LogP contribution in [0.5, 0.6) is 0 Å². The summed E-state index contributed by atoms with van der Waals surface area (Å²) in [5, 5.41) is 0. The minimum absolute atomic E-state index is 0.679. The highest BCUT2D eigenvalue weighted by Gasteiger charge is 2.31. The van der Waals surface area contributed by atoms with Crippen molar-refractivity contribution < 1.29 is 0 Å². The predicted octanol–water partition coefficient (Wildman–Crippen LogP) is 5.86. The molecule has 0 amide bonds. The van der Waals surface area contributed by atoms with Crippen molar-refractivity contribution in [2.75, 3.05) is 0 Å². The van der Waals surface area contributed by atoms with E-state index in [4.69, 9.17) is 0 Å². The van der Waals surface area contributed by atoms with Gasteiger partial charge in [0.05, 0.1) is 0 Å². The van der Waals surface area contributed by atoms with Crippen LogP contribution in [0.25, 0.3) is 0 Å². The minimum Gasteiger partial charge on any atom is -0.0804 e. The molecule has 1 unspecified atom stereocenters. The first-order valence-electron chi connectivity index (χ1n) is 8.42. The SMILES string of the molecule is CC1=C(C)C2=C(C3CCc4ccccc43)CCCC=C2C1. The Labute approximate surface area is 128 Å². The monoisotopic (exact) mass is 276 g/mol. The third-order valence-electron chi connectivity index (χ3n) is 5.71. The van der Waals surface area contributed by atoms with Crippen molar-refractivity contribution >= 4 is 0 Å². The second-order valence-electron chi connectivity index (χ2n) is 6.89. The average molecular weight is 276 g/mol. The second-order valence-corrected chi connectivity index (χ2v) is 6.89. The van der Waals surface area contributed by atoms with Gasteiger partial charge in [-0.2, -0.15) is 0 Å². The largest absolute Gasteiger partial charge is 0.0804 e. The molecular formula is C21H24. The molecule has 0 bridgehead atoms. The summed E-state index contributed by atoms with van der Waals surface area (Å²) in [6.07, 6.45) is 10.2. The summed E-state index contributed by atoms with van der Waals surface area (Å²) in [6, 6.07) is 9.12. The number of aryl methyl sites for hydroxylation is 1. The normalized spacial score (nSPS) is 24.9. The number of hydrogen-bond acceptors (Lipinski definition) is 0. The van der Waals surface area contributed by atoms with E-state index in [0.29, 0.717) is 5.92 Å². The van der Waals surface area contributed by atoms with Crippen molar-refractivity contribution in [1.29, 1.82) is 0 Å². The molecule has 0 aromatic heterocycles. The minimum atomic E-state index is 0.679. The van der Waals surface area contributed by atoms with Gasteiger partial charge in [-0.05, 0) is 80.2 Å². The van der Waals surface area contributed by atoms with Gasteiger partial charge in [-0.25, -0.2) is 0 Å². The maximum Gasteiger partial charge on any atom is 0.00632 e. The fourth-order valence-electron chi connectivity index (χ4n) is 4.54. The smallest absolute Gasteiger partial charge is 0.00632 e. The van der Waals surface area contributed by atoms with E-state index < -0.39 is 0 Å². The predicted molar refractivity (Wildman–Crippen MR) is 89.5 cm³/mol. The van der Waals surface area contributed by atoms with Gasteiger partial charge in [0.1, 0.15) is 0 Å². The van der Waals surface area contributed by atoms with Crippen LogP contribution < -0.4 is 0 Å². The van der Waals surface area contributed by atoms with Crippen molar-refractivity contribution in [3.63, 3.8) is 0 Å². The van der Waals surface area contributed by atoms with E-state index in [1.54, 1.807) is 39.0 Å². The van der Waals surface area contributed by atoms with Gasteiger partial charge in [0.2, 0.25) is 0 Å². The van der Waals surface area contributed by atoms with Crippen LogP contribution in [0.3, 0.4) is 0 Å². The maximum atomic E-state index is 2.52. The highest BCUT2D eigenvalue weighted by atomic mass is 14.4. The summed E-state index contributed by atoms with van der Waals surface area (Å²) >= 11 is 0. The summed E-state index contributed by atoms with van der Waals surface area (Å²) in [7, 11) is 0. The van der Waals surface area contributed by atoms with Crippen LogP contribution in [0, 0.1) is 0 Å². The summed E-state index contributed by atoms with van der Waals surface area (Å²) in [5.74, 6) is 0.679. The summed E-state index contributed by atoms with van der Waals surface area (Å²) in [4.78, 5) is 0. The molecule has 0 nitrogen and oxygen atoms in total. The number of hydrogen-bond donors (Lipinski definition) is 0. The van der Waals surface area contributed by atoms with Crippen molar-refractivity contribution in [1.82, 2.24) is 0 Å². The molecule has 3 aliphatic carbocycles. The van der Waals surface area contributed by atoms with Crippen molar-refractivity contribution in [2.24, 2.45) is 0 Å². The third kappa shape index (κ3) is 2.04. The Morgan fingerprint density at radius 2 is 1.90 bits per heavy atom. The molecule has 0 saturated carbocycles. The summed E-state index contributed by atoms with van der Waals surface area (Å²) < 4.78 is 0. The van der Waals surface area contributed by atoms with Gasteiger partial charge in [-0.1, -0.05) is 41.5 Å². The number of benzene rings is 1. The molecule has 0 N–H and O–H groups in total. The molecule has 21 heavy (non-hydrogen) atoms. The Morgan fingerprint density at radius 3 is 2.81 bits per heavy atom. The molecule has 0 radical (unpaired) electrons. The fourth-order valence-corrected chi connectivity index (χ4v) is 4.54. The Bertz CT molecular complexity index is 682. The van der Waals surface area contributed by atoms with Crippen LogP contribution >= 0.6 is 0 Å². The number of allylic oxidation sites excluding steroid dienone is 6. The molecular weight excluding hydrogens is 252 g/mol. The highest BCUT2D eigenvalue weighted by molar-refractivity contribution is 5.60. The number of rotatable bonds is 1. The van der Waals surface area contributed by atoms with Gasteiger partial charge in [-0.15, -0.1) is 0 Å². The van der Waals surface area contributed by atoms with Gasteiger partial charge >= 0.3 is 0 Å². The molecule has 1 aromatic rings. The van der Waals surface area contributed by atoms with Gasteiger partial charge < -0.3 is 0 Å². The van der Waals surface area contributed by atoms with Crippen LogP contribution in [0.15, 0.2) is 58.2 Å². The molecule has 0 heterocycles. The standard InChI is InChI=1S/C21H24/c1-14-13-17-8-4-6-10-20(21(17)15(14)2)19-12-11-16-7-3-5-9-18(16)19/h3,5,7-9,19H,4,6,10-13H2,1-2H3. The lowest BCUT2D eigenvalue weighted by molar-refractivity contribution is 0.700. The molecule has 3 aliphatic rings. The lowest BCUT2D eigenvalue weighted by Crippen LogP contribution is -2.03. The Balaban J connectivity index is 1.86. The quantitative estimate of drug-likeness (QED) is 0.602. The van der Waals surface area contributed by atoms with E-state index in [1.165, 1.54) is 38.5 Å². The topological polar surface area (TPSA) is 0 Å². The molecule has 4 rings (SSSR count). The second kappa shape index (κ2) is 5.02. The third-order valence-corrected chi connectivity index (χ3v) is 5.71. The van der Waals surface area contributed by atoms with E-state index in [9.17, 15) is 0 Å². The zero-order chi connectivity index (χ0) is 14.4. The Morgan fingerprint density at radius 1 is 1.05 bits per heavy atom. The molecule has 0 saturated heterocycles. The van der Waals surface area contributed by atoms with Gasteiger partial charge in [-0.3, -0.25) is 0 Å². The van der Waals surface area contributed by atoms with Crippen molar-refractivity contribution in [3.05, 3.63) is 69.3 Å². The van der Waals surface area contributed by atoms with Crippen LogP contribution in [-0.4, -0.2) is 0 Å². The first-order valence-corrected chi connectivity index (χ1v) is 8.42. The molecule has 0 spiro atoms. The maximum absolute atomic E-state index is 2.52. The average Bonchev–Trinajstić information content (AvgIpc) is 2.96. The zero-order valence-corrected chi connectivity index (χ0v) is 13.2. The Kier molecular flexibility index (Phi) is 3.14. The summed E-state index contributed by atoms with van der Waals surface area (Å²) in [5.41, 5.74) is 11.4. The molecule has 1 aromatic carbocycles.